The molecule has 2 heterocycles. The molecule has 2 aliphatic heterocycles. The fraction of sp³-hybridized carbons (Fsp3) is 1.00. The molecule has 16 heavy (non-hydrogen) atoms. The zero-order valence-electron chi connectivity index (χ0n) is 10.7. The van der Waals surface area contributed by atoms with Gasteiger partial charge in [0, 0.05) is 25.2 Å². The molecule has 94 valence electrons. The predicted octanol–water partition coefficient (Wildman–Crippen LogP) is 1.49. The summed E-state index contributed by atoms with van der Waals surface area (Å²) in [5.74, 6) is 0.723. The minimum absolute atomic E-state index is 0.606. The first-order valence-corrected chi connectivity index (χ1v) is 6.78. The van der Waals surface area contributed by atoms with Gasteiger partial charge in [-0.2, -0.15) is 0 Å². The number of rotatable bonds is 4. The van der Waals surface area contributed by atoms with Gasteiger partial charge in [-0.15, -0.1) is 0 Å². The Bertz CT molecular complexity index is 204. The number of hydrogen-bond donors (Lipinski definition) is 1. The summed E-state index contributed by atoms with van der Waals surface area (Å²) in [7, 11) is 2.24. The highest BCUT2D eigenvalue weighted by Gasteiger charge is 2.24. The summed E-state index contributed by atoms with van der Waals surface area (Å²) in [6, 6.07) is 1.36. The Morgan fingerprint density at radius 3 is 2.88 bits per heavy atom. The molecule has 3 heteroatoms. The van der Waals surface area contributed by atoms with E-state index >= 15 is 0 Å². The van der Waals surface area contributed by atoms with Crippen LogP contribution in [0.1, 0.15) is 32.6 Å². The van der Waals surface area contributed by atoms with Crippen LogP contribution in [0.2, 0.25) is 0 Å². The van der Waals surface area contributed by atoms with E-state index in [1.165, 1.54) is 32.2 Å². The zero-order chi connectivity index (χ0) is 11.4. The van der Waals surface area contributed by atoms with E-state index in [2.05, 4.69) is 24.2 Å². The van der Waals surface area contributed by atoms with Crippen molar-refractivity contribution < 1.29 is 4.74 Å². The summed E-state index contributed by atoms with van der Waals surface area (Å²) in [5, 5.41) is 3.70. The van der Waals surface area contributed by atoms with Crippen LogP contribution >= 0.6 is 0 Å². The standard InChI is InChI=1S/C13H26N2O/c1-11(12-5-4-8-16-10-12)14-9-13-6-3-7-15(13)2/h11-14H,3-10H2,1-2H3/t11-,12-,13-/m0/s1. The lowest BCUT2D eigenvalue weighted by molar-refractivity contribution is 0.0412. The average molecular weight is 226 g/mol. The number of likely N-dealkylation sites (tertiary alicyclic amines) is 1. The van der Waals surface area contributed by atoms with Gasteiger partial charge in [-0.3, -0.25) is 0 Å². The molecule has 2 fully saturated rings. The van der Waals surface area contributed by atoms with Crippen molar-refractivity contribution in [2.24, 2.45) is 5.92 Å². The second-order valence-electron chi connectivity index (χ2n) is 5.45. The lowest BCUT2D eigenvalue weighted by Gasteiger charge is -2.30. The van der Waals surface area contributed by atoms with Crippen molar-refractivity contribution in [2.75, 3.05) is 33.4 Å². The minimum atomic E-state index is 0.606. The molecule has 0 amide bonds. The van der Waals surface area contributed by atoms with Gasteiger partial charge in [0.2, 0.25) is 0 Å². The third kappa shape index (κ3) is 3.19. The van der Waals surface area contributed by atoms with Crippen LogP contribution < -0.4 is 5.32 Å². The average Bonchev–Trinajstić information content (AvgIpc) is 2.73. The highest BCUT2D eigenvalue weighted by atomic mass is 16.5. The second-order valence-corrected chi connectivity index (χ2v) is 5.45. The minimum Gasteiger partial charge on any atom is -0.381 e. The van der Waals surface area contributed by atoms with Gasteiger partial charge in [-0.25, -0.2) is 0 Å². The smallest absolute Gasteiger partial charge is 0.0509 e. The molecule has 2 aliphatic rings. The third-order valence-electron chi connectivity index (χ3n) is 4.25. The summed E-state index contributed by atoms with van der Waals surface area (Å²) in [6.07, 6.45) is 5.29. The van der Waals surface area contributed by atoms with Crippen LogP contribution in [-0.2, 0) is 4.74 Å². The SMILES string of the molecule is C[C@H](NC[C@@H]1CCCN1C)[C@H]1CCCOC1. The zero-order valence-corrected chi connectivity index (χ0v) is 10.7. The molecule has 0 aromatic heterocycles. The third-order valence-corrected chi connectivity index (χ3v) is 4.25. The number of likely N-dealkylation sites (N-methyl/N-ethyl adjacent to an activating group) is 1. The Kier molecular flexibility index (Phi) is 4.62. The fourth-order valence-electron chi connectivity index (χ4n) is 2.89. The van der Waals surface area contributed by atoms with E-state index in [0.717, 1.165) is 31.7 Å². The molecule has 0 aliphatic carbocycles. The van der Waals surface area contributed by atoms with Crippen LogP contribution in [0, 0.1) is 5.92 Å². The van der Waals surface area contributed by atoms with Crippen LogP contribution in [0.3, 0.4) is 0 Å². The number of nitrogens with one attached hydrogen (secondary N) is 1. The van der Waals surface area contributed by atoms with Crippen LogP contribution in [0.25, 0.3) is 0 Å². The maximum atomic E-state index is 5.55. The van der Waals surface area contributed by atoms with Crippen molar-refractivity contribution >= 4 is 0 Å². The van der Waals surface area contributed by atoms with Gasteiger partial charge in [0.05, 0.1) is 6.61 Å². The Labute approximate surface area is 99.5 Å². The fourth-order valence-corrected chi connectivity index (χ4v) is 2.89. The van der Waals surface area contributed by atoms with Crippen LogP contribution in [-0.4, -0.2) is 50.3 Å². The highest BCUT2D eigenvalue weighted by Crippen LogP contribution is 2.18. The lowest BCUT2D eigenvalue weighted by atomic mass is 9.95. The van der Waals surface area contributed by atoms with Crippen LogP contribution in [0.4, 0.5) is 0 Å². The molecule has 0 spiro atoms. The number of nitrogens with zero attached hydrogens (tertiary/aromatic N) is 1. The van der Waals surface area contributed by atoms with Crippen molar-refractivity contribution in [1.82, 2.24) is 10.2 Å². The van der Waals surface area contributed by atoms with E-state index < -0.39 is 0 Å². The molecule has 1 N–H and O–H groups in total. The molecule has 0 aromatic carbocycles. The van der Waals surface area contributed by atoms with Crippen molar-refractivity contribution in [2.45, 2.75) is 44.7 Å². The normalized spacial score (nSPS) is 34.1. The maximum absolute atomic E-state index is 5.55. The molecule has 0 radical (unpaired) electrons. The Morgan fingerprint density at radius 1 is 1.38 bits per heavy atom. The molecule has 0 saturated carbocycles. The molecular formula is C13H26N2O. The van der Waals surface area contributed by atoms with Gasteiger partial charge in [-0.05, 0) is 52.1 Å². The molecule has 2 rings (SSSR count). The van der Waals surface area contributed by atoms with E-state index in [4.69, 9.17) is 4.74 Å². The van der Waals surface area contributed by atoms with Gasteiger partial charge in [0.15, 0.2) is 0 Å². The van der Waals surface area contributed by atoms with Crippen molar-refractivity contribution in [3.8, 4) is 0 Å². The Balaban J connectivity index is 1.68. The van der Waals surface area contributed by atoms with E-state index in [0.29, 0.717) is 6.04 Å². The second kappa shape index (κ2) is 5.99. The summed E-state index contributed by atoms with van der Waals surface area (Å²) in [4.78, 5) is 2.48. The van der Waals surface area contributed by atoms with Crippen molar-refractivity contribution in [3.63, 3.8) is 0 Å². The van der Waals surface area contributed by atoms with E-state index in [-0.39, 0.29) is 0 Å². The first-order chi connectivity index (χ1) is 7.77. The quantitative estimate of drug-likeness (QED) is 0.786. The molecule has 0 aromatic rings. The first kappa shape index (κ1) is 12.3. The summed E-state index contributed by atoms with van der Waals surface area (Å²) in [6.45, 7) is 6.65. The van der Waals surface area contributed by atoms with Crippen LogP contribution in [0.5, 0.6) is 0 Å². The molecule has 0 unspecified atom stereocenters. The Hall–Kier alpha value is -0.120. The lowest BCUT2D eigenvalue weighted by Crippen LogP contribution is -2.44. The van der Waals surface area contributed by atoms with Gasteiger partial charge < -0.3 is 15.0 Å². The summed E-state index contributed by atoms with van der Waals surface area (Å²) >= 11 is 0. The first-order valence-electron chi connectivity index (χ1n) is 6.78. The molecule has 3 atom stereocenters. The molecule has 0 bridgehead atoms. The van der Waals surface area contributed by atoms with Crippen molar-refractivity contribution in [3.05, 3.63) is 0 Å². The van der Waals surface area contributed by atoms with E-state index in [1.54, 1.807) is 0 Å². The van der Waals surface area contributed by atoms with Gasteiger partial charge >= 0.3 is 0 Å². The van der Waals surface area contributed by atoms with Crippen molar-refractivity contribution in [1.29, 1.82) is 0 Å². The van der Waals surface area contributed by atoms with E-state index in [9.17, 15) is 0 Å². The van der Waals surface area contributed by atoms with E-state index in [1.807, 2.05) is 0 Å². The number of ether oxygens (including phenoxy) is 1. The summed E-state index contributed by atoms with van der Waals surface area (Å²) in [5.41, 5.74) is 0. The monoisotopic (exact) mass is 226 g/mol. The predicted molar refractivity (Wildman–Crippen MR) is 66.7 cm³/mol. The molecule has 2 saturated heterocycles. The Morgan fingerprint density at radius 2 is 2.25 bits per heavy atom. The van der Waals surface area contributed by atoms with Gasteiger partial charge in [0.1, 0.15) is 0 Å². The topological polar surface area (TPSA) is 24.5 Å². The molecule has 3 nitrogen and oxygen atoms in total. The highest BCUT2D eigenvalue weighted by molar-refractivity contribution is 4.81. The molecular weight excluding hydrogens is 200 g/mol. The largest absolute Gasteiger partial charge is 0.381 e. The van der Waals surface area contributed by atoms with Crippen LogP contribution in [0.15, 0.2) is 0 Å². The van der Waals surface area contributed by atoms with Gasteiger partial charge in [0.25, 0.3) is 0 Å². The number of hydrogen-bond acceptors (Lipinski definition) is 3. The summed E-state index contributed by atoms with van der Waals surface area (Å²) < 4.78 is 5.55. The maximum Gasteiger partial charge on any atom is 0.0509 e. The van der Waals surface area contributed by atoms with Gasteiger partial charge in [-0.1, -0.05) is 0 Å².